The van der Waals surface area contributed by atoms with Crippen molar-refractivity contribution in [2.45, 2.75) is 19.9 Å². The molecule has 0 spiro atoms. The van der Waals surface area contributed by atoms with E-state index in [4.69, 9.17) is 5.11 Å². The van der Waals surface area contributed by atoms with Crippen LogP contribution in [0, 0.1) is 18.8 Å². The monoisotopic (exact) mass is 300 g/mol. The molecule has 2 aliphatic rings. The Bertz CT molecular complexity index is 733. The predicted molar refractivity (Wildman–Crippen MR) is 76.7 cm³/mol. The number of hydrogen-bond donors (Lipinski definition) is 1. The van der Waals surface area contributed by atoms with E-state index in [9.17, 15) is 4.79 Å². The molecule has 8 nitrogen and oxygen atoms in total. The largest absolute Gasteiger partial charge is 0.475 e. The highest BCUT2D eigenvalue weighted by Crippen LogP contribution is 2.45. The fraction of sp³-hybridized carbons (Fsp3) is 0.500. The third-order valence-corrected chi connectivity index (χ3v) is 4.44. The first-order valence-electron chi connectivity index (χ1n) is 7.33. The van der Waals surface area contributed by atoms with Crippen molar-refractivity contribution in [3.8, 4) is 0 Å². The molecule has 2 fully saturated rings. The number of tetrazole rings is 1. The molecule has 1 saturated carbocycles. The van der Waals surface area contributed by atoms with Crippen molar-refractivity contribution in [2.24, 2.45) is 11.8 Å². The van der Waals surface area contributed by atoms with E-state index in [-0.39, 0.29) is 5.82 Å². The number of aromatic carboxylic acids is 1. The molecule has 0 amide bonds. The summed E-state index contributed by atoms with van der Waals surface area (Å²) in [6.07, 6.45) is 1.37. The smallest absolute Gasteiger partial charge is 0.377 e. The molecular formula is C14H16N6O2. The van der Waals surface area contributed by atoms with Gasteiger partial charge in [0.15, 0.2) is 0 Å². The third-order valence-electron chi connectivity index (χ3n) is 4.44. The minimum atomic E-state index is -1.18. The van der Waals surface area contributed by atoms with Crippen LogP contribution in [-0.2, 0) is 6.54 Å². The molecule has 2 atom stereocenters. The predicted octanol–water partition coefficient (Wildman–Crippen LogP) is 0.579. The van der Waals surface area contributed by atoms with Crippen molar-refractivity contribution in [1.82, 2.24) is 25.2 Å². The van der Waals surface area contributed by atoms with Crippen molar-refractivity contribution in [3.05, 3.63) is 29.2 Å². The molecule has 22 heavy (non-hydrogen) atoms. The molecule has 0 aromatic carbocycles. The Morgan fingerprint density at radius 1 is 1.36 bits per heavy atom. The van der Waals surface area contributed by atoms with Crippen LogP contribution in [0.15, 0.2) is 12.1 Å². The van der Waals surface area contributed by atoms with Crippen LogP contribution < -0.4 is 4.90 Å². The zero-order valence-electron chi connectivity index (χ0n) is 12.2. The van der Waals surface area contributed by atoms with Crippen molar-refractivity contribution in [2.75, 3.05) is 18.0 Å². The summed E-state index contributed by atoms with van der Waals surface area (Å²) in [6.45, 7) is 4.54. The van der Waals surface area contributed by atoms with Gasteiger partial charge in [-0.3, -0.25) is 0 Å². The molecule has 2 aromatic heterocycles. The molecule has 8 heteroatoms. The Balaban J connectivity index is 1.50. The minimum absolute atomic E-state index is 0.293. The van der Waals surface area contributed by atoms with Gasteiger partial charge in [-0.2, -0.15) is 4.80 Å². The summed E-state index contributed by atoms with van der Waals surface area (Å²) in [5, 5.41) is 19.9. The Labute approximate surface area is 126 Å². The zero-order chi connectivity index (χ0) is 15.3. The van der Waals surface area contributed by atoms with Gasteiger partial charge in [-0.15, -0.1) is 10.2 Å². The second kappa shape index (κ2) is 4.75. The highest BCUT2D eigenvalue weighted by Gasteiger charge is 2.45. The van der Waals surface area contributed by atoms with Crippen molar-refractivity contribution in [1.29, 1.82) is 0 Å². The first kappa shape index (κ1) is 13.2. The van der Waals surface area contributed by atoms with Gasteiger partial charge in [-0.05, 0) is 42.0 Å². The summed E-state index contributed by atoms with van der Waals surface area (Å²) < 4.78 is 0. The number of rotatable bonds is 4. The lowest BCUT2D eigenvalue weighted by atomic mass is 10.2. The molecule has 114 valence electrons. The second-order valence-electron chi connectivity index (χ2n) is 6.02. The molecule has 2 aromatic rings. The first-order valence-corrected chi connectivity index (χ1v) is 7.33. The number of nitrogens with zero attached hydrogens (tertiary/aromatic N) is 6. The maximum absolute atomic E-state index is 10.8. The van der Waals surface area contributed by atoms with Gasteiger partial charge >= 0.3 is 5.97 Å². The minimum Gasteiger partial charge on any atom is -0.475 e. The summed E-state index contributed by atoms with van der Waals surface area (Å²) in [5.41, 5.74) is 1.87. The topological polar surface area (TPSA) is 97.0 Å². The van der Waals surface area contributed by atoms with Crippen LogP contribution in [0.25, 0.3) is 0 Å². The van der Waals surface area contributed by atoms with Crippen molar-refractivity contribution >= 4 is 11.8 Å². The van der Waals surface area contributed by atoms with Crippen LogP contribution >= 0.6 is 0 Å². The number of fused-ring (bicyclic) bond motifs is 1. The van der Waals surface area contributed by atoms with Crippen molar-refractivity contribution < 1.29 is 9.90 Å². The van der Waals surface area contributed by atoms with Gasteiger partial charge in [0.2, 0.25) is 0 Å². The summed E-state index contributed by atoms with van der Waals surface area (Å²) in [4.78, 5) is 19.0. The first-order chi connectivity index (χ1) is 10.6. The molecule has 0 bridgehead atoms. The van der Waals surface area contributed by atoms with E-state index in [2.05, 4.69) is 25.3 Å². The maximum Gasteiger partial charge on any atom is 0.377 e. The summed E-state index contributed by atoms with van der Waals surface area (Å²) in [6, 6.07) is 4.02. The highest BCUT2D eigenvalue weighted by molar-refractivity contribution is 5.82. The lowest BCUT2D eigenvalue weighted by Crippen LogP contribution is -2.23. The van der Waals surface area contributed by atoms with E-state index < -0.39 is 5.97 Å². The molecule has 1 aliphatic carbocycles. The summed E-state index contributed by atoms with van der Waals surface area (Å²) >= 11 is 0. The normalized spacial score (nSPS) is 22.7. The molecule has 1 saturated heterocycles. The highest BCUT2D eigenvalue weighted by atomic mass is 16.4. The number of aryl methyl sites for hydroxylation is 1. The second-order valence-corrected chi connectivity index (χ2v) is 6.02. The number of carboxylic acid groups (broad SMARTS) is 1. The van der Waals surface area contributed by atoms with E-state index in [0.29, 0.717) is 6.54 Å². The Hall–Kier alpha value is -2.51. The van der Waals surface area contributed by atoms with E-state index in [1.54, 1.807) is 0 Å². The van der Waals surface area contributed by atoms with Crippen LogP contribution in [0.1, 0.15) is 28.3 Å². The third kappa shape index (κ3) is 2.30. The van der Waals surface area contributed by atoms with E-state index in [1.165, 1.54) is 11.2 Å². The molecule has 3 heterocycles. The SMILES string of the molecule is Cc1nc(N2CC3CC3C2)ccc1Cn1nnc(C(=O)O)n1. The van der Waals surface area contributed by atoms with Gasteiger partial charge in [-0.25, -0.2) is 9.78 Å². The quantitative estimate of drug-likeness (QED) is 0.882. The van der Waals surface area contributed by atoms with Gasteiger partial charge in [0.25, 0.3) is 5.82 Å². The molecule has 1 N–H and O–H groups in total. The van der Waals surface area contributed by atoms with E-state index in [1.807, 2.05) is 19.1 Å². The Morgan fingerprint density at radius 2 is 2.14 bits per heavy atom. The van der Waals surface area contributed by atoms with Gasteiger partial charge in [0.1, 0.15) is 5.82 Å². The molecule has 2 unspecified atom stereocenters. The summed E-state index contributed by atoms with van der Waals surface area (Å²) in [7, 11) is 0. The van der Waals surface area contributed by atoms with Crippen LogP contribution in [0.5, 0.6) is 0 Å². The fourth-order valence-corrected chi connectivity index (χ4v) is 3.05. The Morgan fingerprint density at radius 3 is 2.77 bits per heavy atom. The number of pyridine rings is 1. The zero-order valence-corrected chi connectivity index (χ0v) is 12.2. The number of carbonyl (C=O) groups is 1. The number of anilines is 1. The van der Waals surface area contributed by atoms with Crippen molar-refractivity contribution in [3.63, 3.8) is 0 Å². The maximum atomic E-state index is 10.8. The lowest BCUT2D eigenvalue weighted by molar-refractivity contribution is 0.0683. The van der Waals surface area contributed by atoms with E-state index in [0.717, 1.165) is 42.0 Å². The number of aromatic nitrogens is 5. The van der Waals surface area contributed by atoms with Gasteiger partial charge in [0.05, 0.1) is 6.54 Å². The molecule has 4 rings (SSSR count). The molecule has 0 radical (unpaired) electrons. The summed E-state index contributed by atoms with van der Waals surface area (Å²) in [5.74, 6) is 1.29. The van der Waals surface area contributed by atoms with Gasteiger partial charge in [0, 0.05) is 18.8 Å². The number of carboxylic acids is 1. The molecular weight excluding hydrogens is 284 g/mol. The average Bonchev–Trinajstić information content (AvgIpc) is 2.89. The Kier molecular flexibility index (Phi) is 2.85. The number of piperidine rings is 1. The van der Waals surface area contributed by atoms with Crippen LogP contribution in [-0.4, -0.2) is 49.4 Å². The van der Waals surface area contributed by atoms with E-state index >= 15 is 0 Å². The van der Waals surface area contributed by atoms with Gasteiger partial charge < -0.3 is 10.0 Å². The molecule has 1 aliphatic heterocycles. The van der Waals surface area contributed by atoms with Crippen LogP contribution in [0.3, 0.4) is 0 Å². The van der Waals surface area contributed by atoms with Crippen LogP contribution in [0.2, 0.25) is 0 Å². The average molecular weight is 300 g/mol. The standard InChI is InChI=1S/C14H16N6O2/c1-8-9(7-20-17-13(14(21)22)16-18-20)2-3-12(15-8)19-5-10-4-11(10)6-19/h2-3,10-11H,4-7H2,1H3,(H,21,22). The van der Waals surface area contributed by atoms with Gasteiger partial charge in [-0.1, -0.05) is 6.07 Å². The number of hydrogen-bond acceptors (Lipinski definition) is 6. The fourth-order valence-electron chi connectivity index (χ4n) is 3.05. The lowest BCUT2D eigenvalue weighted by Gasteiger charge is -2.20. The van der Waals surface area contributed by atoms with Crippen LogP contribution in [0.4, 0.5) is 5.82 Å².